The number of carbonyl (C=O) groups is 1. The Kier molecular flexibility index (Phi) is 2.05. The SMILES string of the molecule is CC(C)C12CCCC1=CN(C)C(=O)N2. The van der Waals surface area contributed by atoms with Crippen LogP contribution in [-0.2, 0) is 0 Å². The zero-order valence-corrected chi connectivity index (χ0v) is 9.13. The van der Waals surface area contributed by atoms with Crippen molar-refractivity contribution in [3.8, 4) is 0 Å². The summed E-state index contributed by atoms with van der Waals surface area (Å²) in [5.41, 5.74) is 1.36. The monoisotopic (exact) mass is 194 g/mol. The number of nitrogens with zero attached hydrogens (tertiary/aromatic N) is 1. The summed E-state index contributed by atoms with van der Waals surface area (Å²) in [7, 11) is 1.81. The average Bonchev–Trinajstić information content (AvgIpc) is 2.49. The molecule has 1 aliphatic carbocycles. The molecule has 0 spiro atoms. The van der Waals surface area contributed by atoms with Gasteiger partial charge in [-0.2, -0.15) is 0 Å². The van der Waals surface area contributed by atoms with Crippen molar-refractivity contribution in [2.45, 2.75) is 38.6 Å². The van der Waals surface area contributed by atoms with Crippen LogP contribution in [0.25, 0.3) is 0 Å². The summed E-state index contributed by atoms with van der Waals surface area (Å²) in [6.45, 7) is 4.37. The van der Waals surface area contributed by atoms with Gasteiger partial charge in [0.1, 0.15) is 0 Å². The molecule has 0 aromatic rings. The fourth-order valence-electron chi connectivity index (χ4n) is 2.64. The molecule has 1 aliphatic heterocycles. The minimum atomic E-state index is -0.0381. The minimum absolute atomic E-state index is 0.0318. The standard InChI is InChI=1S/C11H18N2O/c1-8(2)11-6-4-5-9(11)7-13(3)10(14)12-11/h7-8H,4-6H2,1-3H3,(H,12,14). The summed E-state index contributed by atoms with van der Waals surface area (Å²) in [5, 5.41) is 3.16. The molecule has 1 heterocycles. The van der Waals surface area contributed by atoms with E-state index in [-0.39, 0.29) is 11.6 Å². The molecule has 0 aromatic carbocycles. The molecule has 1 N–H and O–H groups in total. The Labute approximate surface area is 85.2 Å². The van der Waals surface area contributed by atoms with Gasteiger partial charge in [0.05, 0.1) is 5.54 Å². The van der Waals surface area contributed by atoms with Gasteiger partial charge in [0.15, 0.2) is 0 Å². The Bertz CT molecular complexity index is 296. The van der Waals surface area contributed by atoms with E-state index in [9.17, 15) is 4.79 Å². The van der Waals surface area contributed by atoms with E-state index in [0.29, 0.717) is 5.92 Å². The number of amides is 2. The summed E-state index contributed by atoms with van der Waals surface area (Å²) in [6, 6.07) is 0.0318. The Hall–Kier alpha value is -0.990. The minimum Gasteiger partial charge on any atom is -0.328 e. The van der Waals surface area contributed by atoms with Crippen LogP contribution in [-0.4, -0.2) is 23.5 Å². The number of urea groups is 1. The Balaban J connectivity index is 2.40. The van der Waals surface area contributed by atoms with Gasteiger partial charge in [0.25, 0.3) is 0 Å². The molecule has 78 valence electrons. The lowest BCUT2D eigenvalue weighted by Crippen LogP contribution is -2.57. The van der Waals surface area contributed by atoms with Crippen molar-refractivity contribution in [2.75, 3.05) is 7.05 Å². The zero-order chi connectivity index (χ0) is 10.3. The highest BCUT2D eigenvalue weighted by molar-refractivity contribution is 5.78. The molecule has 1 fully saturated rings. The molecule has 2 aliphatic rings. The van der Waals surface area contributed by atoms with E-state index in [4.69, 9.17) is 0 Å². The van der Waals surface area contributed by atoms with Crippen molar-refractivity contribution in [2.24, 2.45) is 5.92 Å². The third kappa shape index (κ3) is 1.15. The maximum absolute atomic E-state index is 11.6. The molecule has 3 nitrogen and oxygen atoms in total. The van der Waals surface area contributed by atoms with Crippen molar-refractivity contribution in [3.63, 3.8) is 0 Å². The molecule has 0 saturated heterocycles. The van der Waals surface area contributed by atoms with Gasteiger partial charge in [-0.25, -0.2) is 4.79 Å². The second-order valence-corrected chi connectivity index (χ2v) is 4.68. The van der Waals surface area contributed by atoms with E-state index < -0.39 is 0 Å². The Morgan fingerprint density at radius 3 is 2.93 bits per heavy atom. The molecule has 1 saturated carbocycles. The summed E-state index contributed by atoms with van der Waals surface area (Å²) >= 11 is 0. The maximum atomic E-state index is 11.6. The molecule has 2 rings (SSSR count). The van der Waals surface area contributed by atoms with Gasteiger partial charge in [-0.15, -0.1) is 0 Å². The summed E-state index contributed by atoms with van der Waals surface area (Å²) in [6.07, 6.45) is 5.43. The molecule has 0 aromatic heterocycles. The summed E-state index contributed by atoms with van der Waals surface area (Å²) in [4.78, 5) is 13.3. The molecular weight excluding hydrogens is 176 g/mol. The van der Waals surface area contributed by atoms with E-state index in [0.717, 1.165) is 12.8 Å². The van der Waals surface area contributed by atoms with Gasteiger partial charge in [-0.1, -0.05) is 13.8 Å². The molecule has 0 bridgehead atoms. The number of carbonyl (C=O) groups excluding carboxylic acids is 1. The first-order chi connectivity index (χ1) is 6.56. The number of hydrogen-bond donors (Lipinski definition) is 1. The van der Waals surface area contributed by atoms with Crippen LogP contribution in [0.2, 0.25) is 0 Å². The lowest BCUT2D eigenvalue weighted by atomic mass is 9.81. The lowest BCUT2D eigenvalue weighted by molar-refractivity contribution is 0.191. The van der Waals surface area contributed by atoms with Gasteiger partial charge >= 0.3 is 6.03 Å². The highest BCUT2D eigenvalue weighted by Crippen LogP contribution is 2.42. The first kappa shape index (κ1) is 9.56. The Morgan fingerprint density at radius 1 is 1.57 bits per heavy atom. The van der Waals surface area contributed by atoms with E-state index in [2.05, 4.69) is 19.2 Å². The number of nitrogens with one attached hydrogen (secondary N) is 1. The second-order valence-electron chi connectivity index (χ2n) is 4.68. The fraction of sp³-hybridized carbons (Fsp3) is 0.727. The largest absolute Gasteiger partial charge is 0.328 e. The molecule has 2 amide bonds. The highest BCUT2D eigenvalue weighted by atomic mass is 16.2. The lowest BCUT2D eigenvalue weighted by Gasteiger charge is -2.41. The average molecular weight is 194 g/mol. The quantitative estimate of drug-likeness (QED) is 0.681. The van der Waals surface area contributed by atoms with Crippen LogP contribution in [0.15, 0.2) is 11.8 Å². The third-order valence-electron chi connectivity index (χ3n) is 3.58. The van der Waals surface area contributed by atoms with Gasteiger partial charge in [0, 0.05) is 13.2 Å². The van der Waals surface area contributed by atoms with E-state index in [1.165, 1.54) is 12.0 Å². The number of hydrogen-bond acceptors (Lipinski definition) is 1. The normalized spacial score (nSPS) is 31.6. The fourth-order valence-corrected chi connectivity index (χ4v) is 2.64. The van der Waals surface area contributed by atoms with Crippen LogP contribution in [0.5, 0.6) is 0 Å². The maximum Gasteiger partial charge on any atom is 0.321 e. The van der Waals surface area contributed by atoms with Gasteiger partial charge in [-0.3, -0.25) is 0 Å². The van der Waals surface area contributed by atoms with Crippen LogP contribution >= 0.6 is 0 Å². The van der Waals surface area contributed by atoms with Crippen LogP contribution < -0.4 is 5.32 Å². The van der Waals surface area contributed by atoms with Crippen LogP contribution in [0.4, 0.5) is 4.79 Å². The topological polar surface area (TPSA) is 32.3 Å². The number of fused-ring (bicyclic) bond motifs is 1. The molecule has 3 heteroatoms. The first-order valence-corrected chi connectivity index (χ1v) is 5.32. The zero-order valence-electron chi connectivity index (χ0n) is 9.13. The second kappa shape index (κ2) is 3.01. The predicted octanol–water partition coefficient (Wildman–Crippen LogP) is 2.10. The van der Waals surface area contributed by atoms with E-state index in [1.807, 2.05) is 13.2 Å². The molecule has 1 atom stereocenters. The van der Waals surface area contributed by atoms with Crippen LogP contribution in [0, 0.1) is 5.92 Å². The summed E-state index contributed by atoms with van der Waals surface area (Å²) < 4.78 is 0. The highest BCUT2D eigenvalue weighted by Gasteiger charge is 2.45. The Morgan fingerprint density at radius 2 is 2.29 bits per heavy atom. The smallest absolute Gasteiger partial charge is 0.321 e. The number of rotatable bonds is 1. The van der Waals surface area contributed by atoms with E-state index in [1.54, 1.807) is 4.90 Å². The molecule has 14 heavy (non-hydrogen) atoms. The summed E-state index contributed by atoms with van der Waals surface area (Å²) in [5.74, 6) is 0.480. The van der Waals surface area contributed by atoms with Gasteiger partial charge < -0.3 is 10.2 Å². The van der Waals surface area contributed by atoms with Crippen molar-refractivity contribution >= 4 is 6.03 Å². The third-order valence-corrected chi connectivity index (χ3v) is 3.58. The van der Waals surface area contributed by atoms with Crippen molar-refractivity contribution in [1.29, 1.82) is 0 Å². The predicted molar refractivity (Wildman–Crippen MR) is 55.8 cm³/mol. The van der Waals surface area contributed by atoms with Gasteiger partial charge in [0.2, 0.25) is 0 Å². The van der Waals surface area contributed by atoms with Crippen molar-refractivity contribution < 1.29 is 4.79 Å². The van der Waals surface area contributed by atoms with Crippen LogP contribution in [0.1, 0.15) is 33.1 Å². The molecule has 1 unspecified atom stereocenters. The van der Waals surface area contributed by atoms with E-state index >= 15 is 0 Å². The van der Waals surface area contributed by atoms with Gasteiger partial charge in [-0.05, 0) is 30.8 Å². The first-order valence-electron chi connectivity index (χ1n) is 5.32. The van der Waals surface area contributed by atoms with Crippen molar-refractivity contribution in [3.05, 3.63) is 11.8 Å². The molecule has 0 radical (unpaired) electrons. The molecular formula is C11H18N2O. The van der Waals surface area contributed by atoms with Crippen molar-refractivity contribution in [1.82, 2.24) is 10.2 Å². The van der Waals surface area contributed by atoms with Crippen LogP contribution in [0.3, 0.4) is 0 Å².